The molecule has 5 nitrogen and oxygen atoms in total. The van der Waals surface area contributed by atoms with E-state index >= 15 is 0 Å². The molecule has 0 bridgehead atoms. The van der Waals surface area contributed by atoms with E-state index in [4.69, 9.17) is 4.74 Å². The summed E-state index contributed by atoms with van der Waals surface area (Å²) in [5.41, 5.74) is 1.34. The summed E-state index contributed by atoms with van der Waals surface area (Å²) in [6.07, 6.45) is 5.66. The number of benzene rings is 1. The van der Waals surface area contributed by atoms with E-state index in [1.807, 2.05) is 6.92 Å². The van der Waals surface area contributed by atoms with Crippen LogP contribution in [0.15, 0.2) is 43.6 Å². The molecule has 1 rings (SSSR count). The van der Waals surface area contributed by atoms with Crippen molar-refractivity contribution in [3.8, 4) is 0 Å². The van der Waals surface area contributed by atoms with Crippen LogP contribution in [0.2, 0.25) is 0 Å². The largest absolute Gasteiger partial charge is 0.477 e. The molecule has 7 heteroatoms. The number of ether oxygens (including phenoxy) is 1. The van der Waals surface area contributed by atoms with Crippen molar-refractivity contribution >= 4 is 37.6 Å². The molecule has 0 unspecified atom stereocenters. The average molecular weight is 472 g/mol. The fourth-order valence-corrected chi connectivity index (χ4v) is 3.87. The molecule has 0 heterocycles. The lowest BCUT2D eigenvalue weighted by Crippen LogP contribution is -2.13. The van der Waals surface area contributed by atoms with Crippen LogP contribution in [0.25, 0.3) is 0 Å². The van der Waals surface area contributed by atoms with Gasteiger partial charge in [0.2, 0.25) is 5.90 Å². The first-order chi connectivity index (χ1) is 13.2. The van der Waals surface area contributed by atoms with Gasteiger partial charge < -0.3 is 4.74 Å². The Morgan fingerprint density at radius 3 is 2.25 bits per heavy atom. The van der Waals surface area contributed by atoms with E-state index in [1.54, 1.807) is 26.0 Å². The molecule has 0 amide bonds. The van der Waals surface area contributed by atoms with E-state index in [0.717, 1.165) is 31.2 Å². The summed E-state index contributed by atoms with van der Waals surface area (Å²) in [6, 6.07) is 6.44. The van der Waals surface area contributed by atoms with Gasteiger partial charge in [-0.3, -0.25) is 4.79 Å². The Bertz CT molecular complexity index is 811. The van der Waals surface area contributed by atoms with Crippen LogP contribution >= 0.6 is 15.9 Å². The Morgan fingerprint density at radius 2 is 1.68 bits per heavy atom. The third kappa shape index (κ3) is 7.87. The van der Waals surface area contributed by atoms with Gasteiger partial charge in [-0.1, -0.05) is 50.3 Å². The summed E-state index contributed by atoms with van der Waals surface area (Å²) in [6.45, 7) is 7.64. The smallest absolute Gasteiger partial charge is 0.285 e. The second-order valence-corrected chi connectivity index (χ2v) is 9.04. The van der Waals surface area contributed by atoms with Crippen LogP contribution in [0.5, 0.6) is 0 Å². The van der Waals surface area contributed by atoms with Crippen molar-refractivity contribution in [1.82, 2.24) is 0 Å². The first kappa shape index (κ1) is 24.6. The molecular formula is C21H30BrNO4S. The Labute approximate surface area is 177 Å². The summed E-state index contributed by atoms with van der Waals surface area (Å²) >= 11 is 3.31. The Morgan fingerprint density at radius 1 is 1.07 bits per heavy atom. The number of carbonyl (C=O) groups is 1. The molecule has 156 valence electrons. The van der Waals surface area contributed by atoms with Gasteiger partial charge in [-0.05, 0) is 55.3 Å². The van der Waals surface area contributed by atoms with E-state index in [-0.39, 0.29) is 23.2 Å². The molecule has 0 spiro atoms. The standard InChI is InChI=1S/C21H30BrNO4S/c1-5-7-8-9-10-11-19(24)20(22)17(4)21(27-6-2)23-28(25,26)18-14-12-16(3)13-15-18/h12-15H,5-11H2,1-4H3/b20-17+,23-21+. The molecule has 0 aliphatic rings. The van der Waals surface area contributed by atoms with Crippen molar-refractivity contribution in [3.05, 3.63) is 39.9 Å². The van der Waals surface area contributed by atoms with Crippen LogP contribution in [0.4, 0.5) is 0 Å². The summed E-state index contributed by atoms with van der Waals surface area (Å²) in [5, 5.41) is 0. The summed E-state index contributed by atoms with van der Waals surface area (Å²) in [4.78, 5) is 12.5. The van der Waals surface area contributed by atoms with Gasteiger partial charge in [-0.2, -0.15) is 8.42 Å². The van der Waals surface area contributed by atoms with Crippen LogP contribution in [0.3, 0.4) is 0 Å². The van der Waals surface area contributed by atoms with Crippen LogP contribution in [0.1, 0.15) is 64.9 Å². The summed E-state index contributed by atoms with van der Waals surface area (Å²) < 4.78 is 34.8. The van der Waals surface area contributed by atoms with Gasteiger partial charge >= 0.3 is 0 Å². The van der Waals surface area contributed by atoms with Crippen molar-refractivity contribution in [3.63, 3.8) is 0 Å². The lowest BCUT2D eigenvalue weighted by Gasteiger charge is -2.10. The Kier molecular flexibility index (Phi) is 10.7. The fraction of sp³-hybridized carbons (Fsp3) is 0.524. The highest BCUT2D eigenvalue weighted by Gasteiger charge is 2.20. The molecule has 0 atom stereocenters. The maximum atomic E-state index is 12.6. The third-order valence-corrected chi connectivity index (χ3v) is 6.52. The molecule has 0 saturated carbocycles. The van der Waals surface area contributed by atoms with Gasteiger partial charge in [0.15, 0.2) is 5.78 Å². The number of aryl methyl sites for hydroxylation is 1. The fourth-order valence-electron chi connectivity index (χ4n) is 2.51. The van der Waals surface area contributed by atoms with Crippen LogP contribution in [-0.2, 0) is 19.6 Å². The average Bonchev–Trinajstić information content (AvgIpc) is 2.66. The first-order valence-corrected chi connectivity index (χ1v) is 11.9. The molecule has 0 saturated heterocycles. The highest BCUT2D eigenvalue weighted by Crippen LogP contribution is 2.21. The number of hydrogen-bond donors (Lipinski definition) is 0. The second-order valence-electron chi connectivity index (χ2n) is 6.64. The van der Waals surface area contributed by atoms with Gasteiger partial charge in [0.1, 0.15) is 0 Å². The van der Waals surface area contributed by atoms with Crippen molar-refractivity contribution < 1.29 is 17.9 Å². The van der Waals surface area contributed by atoms with Crippen LogP contribution < -0.4 is 0 Å². The van der Waals surface area contributed by atoms with E-state index in [0.29, 0.717) is 16.5 Å². The van der Waals surface area contributed by atoms with E-state index in [1.165, 1.54) is 18.6 Å². The highest BCUT2D eigenvalue weighted by atomic mass is 79.9. The second kappa shape index (κ2) is 12.2. The van der Waals surface area contributed by atoms with Gasteiger partial charge in [-0.25, -0.2) is 0 Å². The predicted molar refractivity (Wildman–Crippen MR) is 117 cm³/mol. The molecule has 0 radical (unpaired) electrons. The Hall–Kier alpha value is -1.47. The minimum atomic E-state index is -3.93. The number of carbonyl (C=O) groups excluding carboxylic acids is 1. The molecule has 1 aromatic carbocycles. The monoisotopic (exact) mass is 471 g/mol. The van der Waals surface area contributed by atoms with Crippen molar-refractivity contribution in [2.75, 3.05) is 6.61 Å². The molecule has 0 N–H and O–H groups in total. The molecule has 1 aromatic rings. The summed E-state index contributed by atoms with van der Waals surface area (Å²) in [5.74, 6) is -0.136. The number of Topliss-reactive ketones (excluding diaryl/α,β-unsaturated/α-hetero) is 1. The lowest BCUT2D eigenvalue weighted by atomic mass is 10.1. The molecule has 0 aliphatic heterocycles. The zero-order chi connectivity index (χ0) is 21.2. The Balaban J connectivity index is 3.04. The predicted octanol–water partition coefficient (Wildman–Crippen LogP) is 5.72. The van der Waals surface area contributed by atoms with Crippen molar-refractivity contribution in [2.24, 2.45) is 4.40 Å². The number of nitrogens with zero attached hydrogens (tertiary/aromatic N) is 1. The minimum absolute atomic E-state index is 0.0608. The molecule has 28 heavy (non-hydrogen) atoms. The quantitative estimate of drug-likeness (QED) is 0.179. The third-order valence-electron chi connectivity index (χ3n) is 4.21. The zero-order valence-corrected chi connectivity index (χ0v) is 19.5. The molecule has 0 aliphatic carbocycles. The maximum Gasteiger partial charge on any atom is 0.285 e. The number of ketones is 1. The topological polar surface area (TPSA) is 72.8 Å². The highest BCUT2D eigenvalue weighted by molar-refractivity contribution is 9.12. The zero-order valence-electron chi connectivity index (χ0n) is 17.1. The van der Waals surface area contributed by atoms with E-state index in [9.17, 15) is 13.2 Å². The minimum Gasteiger partial charge on any atom is -0.477 e. The van der Waals surface area contributed by atoms with Gasteiger partial charge in [0.25, 0.3) is 10.0 Å². The van der Waals surface area contributed by atoms with Gasteiger partial charge in [0.05, 0.1) is 16.0 Å². The number of hydrogen-bond acceptors (Lipinski definition) is 4. The SMILES string of the molecule is CCCCCCCC(=O)/C(Br)=C(C)\C(=N/S(=O)(=O)c1ccc(C)cc1)OCC. The molecular weight excluding hydrogens is 442 g/mol. The van der Waals surface area contributed by atoms with Crippen LogP contribution in [-0.4, -0.2) is 26.7 Å². The van der Waals surface area contributed by atoms with Crippen molar-refractivity contribution in [1.29, 1.82) is 0 Å². The van der Waals surface area contributed by atoms with Crippen molar-refractivity contribution in [2.45, 2.75) is 71.1 Å². The maximum absolute atomic E-state index is 12.6. The van der Waals surface area contributed by atoms with Crippen LogP contribution in [0, 0.1) is 6.92 Å². The van der Waals surface area contributed by atoms with Gasteiger partial charge in [-0.15, -0.1) is 4.40 Å². The van der Waals surface area contributed by atoms with E-state index in [2.05, 4.69) is 27.3 Å². The number of rotatable bonds is 11. The number of halogens is 1. The number of allylic oxidation sites excluding steroid dienone is 1. The molecule has 0 fully saturated rings. The normalized spacial score (nSPS) is 13.2. The number of unbranched alkanes of at least 4 members (excludes halogenated alkanes) is 4. The van der Waals surface area contributed by atoms with Gasteiger partial charge in [0, 0.05) is 12.0 Å². The lowest BCUT2D eigenvalue weighted by molar-refractivity contribution is -0.115. The summed E-state index contributed by atoms with van der Waals surface area (Å²) in [7, 11) is -3.93. The van der Waals surface area contributed by atoms with E-state index < -0.39 is 10.0 Å². The first-order valence-electron chi connectivity index (χ1n) is 9.67. The number of sulfonamides is 1. The molecule has 0 aromatic heterocycles.